The van der Waals surface area contributed by atoms with E-state index in [4.69, 9.17) is 9.47 Å². The van der Waals surface area contributed by atoms with Crippen LogP contribution in [0.3, 0.4) is 0 Å². The molecule has 0 aliphatic carbocycles. The fraction of sp³-hybridized carbons (Fsp3) is 0.647. The monoisotopic (exact) mass is 277 g/mol. The summed E-state index contributed by atoms with van der Waals surface area (Å²) in [6.45, 7) is 8.80. The van der Waals surface area contributed by atoms with Crippen LogP contribution in [0.1, 0.15) is 50.7 Å². The molecule has 20 heavy (non-hydrogen) atoms. The van der Waals surface area contributed by atoms with E-state index in [9.17, 15) is 0 Å². The summed E-state index contributed by atoms with van der Waals surface area (Å²) in [7, 11) is 0. The van der Waals surface area contributed by atoms with Gasteiger partial charge in [-0.25, -0.2) is 0 Å². The minimum atomic E-state index is 0.624. The number of ether oxygens (including phenoxy) is 2. The first-order valence-corrected chi connectivity index (χ1v) is 7.87. The normalized spacial score (nSPS) is 13.8. The van der Waals surface area contributed by atoms with Crippen molar-refractivity contribution >= 4 is 0 Å². The lowest BCUT2D eigenvalue weighted by molar-refractivity contribution is 0.170. The Morgan fingerprint density at radius 2 is 1.80 bits per heavy atom. The number of nitrogens with one attached hydrogen (secondary N) is 1. The van der Waals surface area contributed by atoms with Crippen molar-refractivity contribution in [3.8, 4) is 11.5 Å². The van der Waals surface area contributed by atoms with Gasteiger partial charge in [-0.15, -0.1) is 0 Å². The van der Waals surface area contributed by atoms with Gasteiger partial charge < -0.3 is 14.8 Å². The predicted octanol–water partition coefficient (Wildman–Crippen LogP) is 3.82. The number of rotatable bonds is 7. The molecule has 0 radical (unpaired) electrons. The molecular formula is C17H27NO2. The Bertz CT molecular complexity index is 425. The molecule has 0 spiro atoms. The van der Waals surface area contributed by atoms with E-state index in [0.29, 0.717) is 19.3 Å². The summed E-state index contributed by atoms with van der Waals surface area (Å²) in [6.07, 6.45) is 4.96. The summed E-state index contributed by atoms with van der Waals surface area (Å²) in [6, 6.07) is 4.94. The average molecular weight is 277 g/mol. The largest absolute Gasteiger partial charge is 0.486 e. The molecule has 2 rings (SSSR count). The van der Waals surface area contributed by atoms with Crippen LogP contribution >= 0.6 is 0 Å². The highest BCUT2D eigenvalue weighted by Gasteiger charge is 2.15. The maximum Gasteiger partial charge on any atom is 0.164 e. The molecule has 0 saturated heterocycles. The van der Waals surface area contributed by atoms with Gasteiger partial charge in [0.05, 0.1) is 0 Å². The molecule has 0 atom stereocenters. The molecule has 0 unspecified atom stereocenters. The fourth-order valence-corrected chi connectivity index (χ4v) is 2.81. The highest BCUT2D eigenvalue weighted by molar-refractivity contribution is 5.49. The smallest absolute Gasteiger partial charge is 0.164 e. The van der Waals surface area contributed by atoms with Crippen molar-refractivity contribution in [2.75, 3.05) is 13.2 Å². The van der Waals surface area contributed by atoms with Gasteiger partial charge in [-0.05, 0) is 37.0 Å². The number of benzene rings is 1. The highest BCUT2D eigenvalue weighted by Crippen LogP contribution is 2.34. The fourth-order valence-electron chi connectivity index (χ4n) is 2.81. The van der Waals surface area contributed by atoms with Gasteiger partial charge in [0.2, 0.25) is 0 Å². The number of aryl methyl sites for hydroxylation is 1. The third kappa shape index (κ3) is 3.89. The second-order valence-electron chi connectivity index (χ2n) is 5.59. The van der Waals surface area contributed by atoms with E-state index in [-0.39, 0.29) is 0 Å². The first kappa shape index (κ1) is 15.2. The van der Waals surface area contributed by atoms with Crippen molar-refractivity contribution < 1.29 is 9.47 Å². The van der Waals surface area contributed by atoms with Crippen LogP contribution in [-0.4, -0.2) is 19.3 Å². The van der Waals surface area contributed by atoms with Crippen LogP contribution in [0, 0.1) is 6.92 Å². The molecule has 1 heterocycles. The van der Waals surface area contributed by atoms with E-state index in [1.807, 2.05) is 0 Å². The Kier molecular flexibility index (Phi) is 5.72. The van der Waals surface area contributed by atoms with Crippen molar-refractivity contribution in [2.24, 2.45) is 0 Å². The Morgan fingerprint density at radius 1 is 1.10 bits per heavy atom. The van der Waals surface area contributed by atoms with Crippen LogP contribution in [0.2, 0.25) is 0 Å². The summed E-state index contributed by atoms with van der Waals surface area (Å²) >= 11 is 0. The van der Waals surface area contributed by atoms with Crippen molar-refractivity contribution in [3.63, 3.8) is 0 Å². The SMILES string of the molecule is CCCC(CCC)NCc1cc(C)c2c(c1)OCCO2. The maximum absolute atomic E-state index is 5.69. The van der Waals surface area contributed by atoms with Gasteiger partial charge in [0.1, 0.15) is 13.2 Å². The van der Waals surface area contributed by atoms with Crippen LogP contribution in [0.4, 0.5) is 0 Å². The lowest BCUT2D eigenvalue weighted by Gasteiger charge is -2.22. The third-order valence-electron chi connectivity index (χ3n) is 3.76. The van der Waals surface area contributed by atoms with Gasteiger partial charge in [-0.3, -0.25) is 0 Å². The van der Waals surface area contributed by atoms with Gasteiger partial charge in [-0.2, -0.15) is 0 Å². The van der Waals surface area contributed by atoms with E-state index in [1.165, 1.54) is 36.8 Å². The predicted molar refractivity (Wildman–Crippen MR) is 82.6 cm³/mol. The Balaban J connectivity index is 2.00. The molecule has 1 aliphatic rings. The van der Waals surface area contributed by atoms with Crippen LogP contribution in [0.25, 0.3) is 0 Å². The maximum atomic E-state index is 5.69. The van der Waals surface area contributed by atoms with Crippen LogP contribution < -0.4 is 14.8 Å². The molecule has 0 saturated carbocycles. The quantitative estimate of drug-likeness (QED) is 0.821. The molecule has 0 amide bonds. The topological polar surface area (TPSA) is 30.5 Å². The average Bonchev–Trinajstić information content (AvgIpc) is 2.45. The molecule has 0 fully saturated rings. The molecule has 0 aromatic heterocycles. The zero-order valence-electron chi connectivity index (χ0n) is 13.0. The summed E-state index contributed by atoms with van der Waals surface area (Å²) in [4.78, 5) is 0. The van der Waals surface area contributed by atoms with Crippen LogP contribution in [-0.2, 0) is 6.54 Å². The molecular weight excluding hydrogens is 250 g/mol. The zero-order chi connectivity index (χ0) is 14.4. The van der Waals surface area contributed by atoms with E-state index in [2.05, 4.69) is 38.2 Å². The Hall–Kier alpha value is -1.22. The molecule has 1 aliphatic heterocycles. The van der Waals surface area contributed by atoms with Crippen LogP contribution in [0.5, 0.6) is 11.5 Å². The molecule has 1 aromatic carbocycles. The lowest BCUT2D eigenvalue weighted by atomic mass is 10.1. The van der Waals surface area contributed by atoms with Crippen molar-refractivity contribution in [3.05, 3.63) is 23.3 Å². The van der Waals surface area contributed by atoms with Crippen molar-refractivity contribution in [1.29, 1.82) is 0 Å². The molecule has 112 valence electrons. The highest BCUT2D eigenvalue weighted by atomic mass is 16.6. The second kappa shape index (κ2) is 7.53. The van der Waals surface area contributed by atoms with Crippen LogP contribution in [0.15, 0.2) is 12.1 Å². The number of fused-ring (bicyclic) bond motifs is 1. The van der Waals surface area contributed by atoms with E-state index < -0.39 is 0 Å². The summed E-state index contributed by atoms with van der Waals surface area (Å²) < 4.78 is 11.4. The molecule has 1 aromatic rings. The minimum absolute atomic E-state index is 0.624. The van der Waals surface area contributed by atoms with Crippen molar-refractivity contribution in [2.45, 2.75) is 59.0 Å². The van der Waals surface area contributed by atoms with Gasteiger partial charge in [0.15, 0.2) is 11.5 Å². The molecule has 3 heteroatoms. The van der Waals surface area contributed by atoms with Gasteiger partial charge in [-0.1, -0.05) is 32.8 Å². The molecule has 3 nitrogen and oxygen atoms in total. The second-order valence-corrected chi connectivity index (χ2v) is 5.59. The zero-order valence-corrected chi connectivity index (χ0v) is 13.0. The third-order valence-corrected chi connectivity index (χ3v) is 3.76. The molecule has 0 bridgehead atoms. The van der Waals surface area contributed by atoms with Gasteiger partial charge in [0, 0.05) is 12.6 Å². The Morgan fingerprint density at radius 3 is 2.50 bits per heavy atom. The number of hydrogen-bond acceptors (Lipinski definition) is 3. The summed E-state index contributed by atoms with van der Waals surface area (Å²) in [5, 5.41) is 3.68. The molecule has 1 N–H and O–H groups in total. The minimum Gasteiger partial charge on any atom is -0.486 e. The van der Waals surface area contributed by atoms with E-state index >= 15 is 0 Å². The first-order chi connectivity index (χ1) is 9.74. The van der Waals surface area contributed by atoms with Gasteiger partial charge >= 0.3 is 0 Å². The standard InChI is InChI=1S/C17H27NO2/c1-4-6-15(7-5-2)18-12-14-10-13(3)17-16(11-14)19-8-9-20-17/h10-11,15,18H,4-9,12H2,1-3H3. The lowest BCUT2D eigenvalue weighted by Crippen LogP contribution is -2.28. The summed E-state index contributed by atoms with van der Waals surface area (Å²) in [5.74, 6) is 1.81. The number of hydrogen-bond donors (Lipinski definition) is 1. The first-order valence-electron chi connectivity index (χ1n) is 7.87. The summed E-state index contributed by atoms with van der Waals surface area (Å²) in [5.41, 5.74) is 2.45. The van der Waals surface area contributed by atoms with E-state index in [1.54, 1.807) is 0 Å². The Labute approximate surface area is 122 Å². The van der Waals surface area contributed by atoms with Gasteiger partial charge in [0.25, 0.3) is 0 Å². The van der Waals surface area contributed by atoms with Crippen molar-refractivity contribution in [1.82, 2.24) is 5.32 Å². The van der Waals surface area contributed by atoms with E-state index in [0.717, 1.165) is 18.0 Å².